The number of aryl methyl sites for hydroxylation is 1. The topological polar surface area (TPSA) is 78.4 Å². The number of anilines is 1. The van der Waals surface area contributed by atoms with Crippen LogP contribution in [0, 0.1) is 6.92 Å². The van der Waals surface area contributed by atoms with Gasteiger partial charge < -0.3 is 15.7 Å². The number of carbonyl (C=O) groups is 2. The van der Waals surface area contributed by atoms with Gasteiger partial charge >= 0.3 is 12.0 Å². The molecule has 0 fully saturated rings. The maximum absolute atomic E-state index is 11.7. The fourth-order valence-electron chi connectivity index (χ4n) is 1.80. The van der Waals surface area contributed by atoms with Crippen molar-refractivity contribution in [1.29, 1.82) is 0 Å². The molecule has 0 unspecified atom stereocenters. The Morgan fingerprint density at radius 3 is 2.43 bits per heavy atom. The van der Waals surface area contributed by atoms with Gasteiger partial charge in [0.05, 0.1) is 13.0 Å². The van der Waals surface area contributed by atoms with E-state index in [9.17, 15) is 9.59 Å². The molecular formula is C15H16N2O3S. The molecule has 0 aliphatic carbocycles. The minimum atomic E-state index is -0.875. The molecule has 0 radical (unpaired) electrons. The van der Waals surface area contributed by atoms with Crippen LogP contribution >= 0.6 is 11.3 Å². The second kappa shape index (κ2) is 6.90. The highest BCUT2D eigenvalue weighted by Gasteiger charge is 2.04. The zero-order valence-electron chi connectivity index (χ0n) is 11.6. The standard InChI is InChI=1S/C15H16N2O3S/c1-10-2-7-13(21-10)9-16-15(20)17-12-5-3-11(4-6-12)8-14(18)19/h2-7H,8-9H2,1H3,(H,18,19)(H2,16,17,20). The normalized spacial score (nSPS) is 10.1. The summed E-state index contributed by atoms with van der Waals surface area (Å²) in [4.78, 5) is 24.6. The minimum absolute atomic E-state index is 0.0236. The summed E-state index contributed by atoms with van der Waals surface area (Å²) in [6, 6.07) is 10.5. The highest BCUT2D eigenvalue weighted by Crippen LogP contribution is 2.14. The average molecular weight is 304 g/mol. The lowest BCUT2D eigenvalue weighted by atomic mass is 10.1. The SMILES string of the molecule is Cc1ccc(CNC(=O)Nc2ccc(CC(=O)O)cc2)s1. The molecule has 2 aromatic rings. The third kappa shape index (κ3) is 4.92. The van der Waals surface area contributed by atoms with Crippen molar-refractivity contribution in [3.05, 3.63) is 51.7 Å². The smallest absolute Gasteiger partial charge is 0.319 e. The lowest BCUT2D eigenvalue weighted by Gasteiger charge is -2.07. The first-order chi connectivity index (χ1) is 10.0. The summed E-state index contributed by atoms with van der Waals surface area (Å²) >= 11 is 1.65. The van der Waals surface area contributed by atoms with Gasteiger partial charge in [-0.25, -0.2) is 4.79 Å². The Labute approximate surface area is 126 Å². The van der Waals surface area contributed by atoms with Crippen molar-refractivity contribution < 1.29 is 14.7 Å². The summed E-state index contributed by atoms with van der Waals surface area (Å²) in [7, 11) is 0. The van der Waals surface area contributed by atoms with Crippen molar-refractivity contribution in [2.24, 2.45) is 0 Å². The first-order valence-electron chi connectivity index (χ1n) is 6.44. The number of benzene rings is 1. The van der Waals surface area contributed by atoms with E-state index in [0.717, 1.165) is 4.88 Å². The van der Waals surface area contributed by atoms with Gasteiger partial charge in [-0.3, -0.25) is 4.79 Å². The summed E-state index contributed by atoms with van der Waals surface area (Å²) < 4.78 is 0. The van der Waals surface area contributed by atoms with Gasteiger partial charge in [0.15, 0.2) is 0 Å². The predicted molar refractivity (Wildman–Crippen MR) is 82.7 cm³/mol. The van der Waals surface area contributed by atoms with Gasteiger partial charge in [0.1, 0.15) is 0 Å². The molecule has 110 valence electrons. The molecule has 1 aromatic heterocycles. The molecule has 0 saturated heterocycles. The lowest BCUT2D eigenvalue weighted by Crippen LogP contribution is -2.27. The summed E-state index contributed by atoms with van der Waals surface area (Å²) in [5.41, 5.74) is 1.33. The summed E-state index contributed by atoms with van der Waals surface area (Å²) in [5.74, 6) is -0.875. The monoisotopic (exact) mass is 304 g/mol. The molecule has 0 saturated carbocycles. The summed E-state index contributed by atoms with van der Waals surface area (Å²) in [5, 5.41) is 14.2. The number of aliphatic carboxylic acids is 1. The number of amides is 2. The fourth-order valence-corrected chi connectivity index (χ4v) is 2.63. The van der Waals surface area contributed by atoms with Gasteiger partial charge in [0, 0.05) is 15.4 Å². The molecule has 0 aliphatic heterocycles. The maximum Gasteiger partial charge on any atom is 0.319 e. The van der Waals surface area contributed by atoms with Gasteiger partial charge in [-0.2, -0.15) is 0 Å². The number of rotatable bonds is 5. The first-order valence-corrected chi connectivity index (χ1v) is 7.25. The molecule has 0 aliphatic rings. The van der Waals surface area contributed by atoms with Crippen LogP contribution in [-0.4, -0.2) is 17.1 Å². The Morgan fingerprint density at radius 2 is 1.86 bits per heavy atom. The second-order valence-electron chi connectivity index (χ2n) is 4.59. The van der Waals surface area contributed by atoms with Crippen LogP contribution in [0.15, 0.2) is 36.4 Å². The first kappa shape index (κ1) is 15.1. The molecule has 0 atom stereocenters. The van der Waals surface area contributed by atoms with Crippen LogP contribution < -0.4 is 10.6 Å². The molecule has 6 heteroatoms. The van der Waals surface area contributed by atoms with E-state index >= 15 is 0 Å². The second-order valence-corrected chi connectivity index (χ2v) is 5.96. The molecule has 5 nitrogen and oxygen atoms in total. The van der Waals surface area contributed by atoms with Crippen LogP contribution in [0.2, 0.25) is 0 Å². The molecular weight excluding hydrogens is 288 g/mol. The molecule has 1 aromatic carbocycles. The van der Waals surface area contributed by atoms with Gasteiger partial charge in [0.25, 0.3) is 0 Å². The maximum atomic E-state index is 11.7. The molecule has 1 heterocycles. The molecule has 21 heavy (non-hydrogen) atoms. The predicted octanol–water partition coefficient (Wildman–Crippen LogP) is 3.01. The van der Waals surface area contributed by atoms with Crippen molar-refractivity contribution >= 4 is 29.0 Å². The Morgan fingerprint density at radius 1 is 1.14 bits per heavy atom. The Balaban J connectivity index is 1.83. The van der Waals surface area contributed by atoms with E-state index in [2.05, 4.69) is 10.6 Å². The fraction of sp³-hybridized carbons (Fsp3) is 0.200. The summed E-state index contributed by atoms with van der Waals surface area (Å²) in [6.45, 7) is 2.51. The Kier molecular flexibility index (Phi) is 4.94. The number of carboxylic acids is 1. The van der Waals surface area contributed by atoms with E-state index in [1.54, 1.807) is 35.6 Å². The van der Waals surface area contributed by atoms with E-state index in [-0.39, 0.29) is 12.5 Å². The van der Waals surface area contributed by atoms with Crippen molar-refractivity contribution in [3.63, 3.8) is 0 Å². The van der Waals surface area contributed by atoms with E-state index < -0.39 is 5.97 Å². The van der Waals surface area contributed by atoms with Gasteiger partial charge in [-0.1, -0.05) is 12.1 Å². The van der Waals surface area contributed by atoms with E-state index in [1.807, 2.05) is 19.1 Å². The van der Waals surface area contributed by atoms with Crippen molar-refractivity contribution in [1.82, 2.24) is 5.32 Å². The number of carbonyl (C=O) groups excluding carboxylic acids is 1. The average Bonchev–Trinajstić information content (AvgIpc) is 2.84. The number of thiophene rings is 1. The zero-order valence-corrected chi connectivity index (χ0v) is 12.4. The van der Waals surface area contributed by atoms with Crippen LogP contribution in [0.4, 0.5) is 10.5 Å². The number of carboxylic acid groups (broad SMARTS) is 1. The van der Waals surface area contributed by atoms with Crippen molar-refractivity contribution in [2.45, 2.75) is 19.9 Å². The molecule has 2 amide bonds. The van der Waals surface area contributed by atoms with E-state index in [1.165, 1.54) is 4.88 Å². The van der Waals surface area contributed by atoms with Gasteiger partial charge in [0.2, 0.25) is 0 Å². The van der Waals surface area contributed by atoms with Crippen LogP contribution in [-0.2, 0) is 17.8 Å². The Hall–Kier alpha value is -2.34. The molecule has 3 N–H and O–H groups in total. The van der Waals surface area contributed by atoms with Crippen LogP contribution in [0.1, 0.15) is 15.3 Å². The largest absolute Gasteiger partial charge is 0.481 e. The molecule has 0 bridgehead atoms. The highest BCUT2D eigenvalue weighted by molar-refractivity contribution is 7.11. The van der Waals surface area contributed by atoms with E-state index in [0.29, 0.717) is 17.8 Å². The number of hydrogen-bond acceptors (Lipinski definition) is 3. The highest BCUT2D eigenvalue weighted by atomic mass is 32.1. The third-order valence-electron chi connectivity index (χ3n) is 2.79. The van der Waals surface area contributed by atoms with Crippen LogP contribution in [0.25, 0.3) is 0 Å². The lowest BCUT2D eigenvalue weighted by molar-refractivity contribution is -0.136. The number of hydrogen-bond donors (Lipinski definition) is 3. The van der Waals surface area contributed by atoms with Crippen LogP contribution in [0.3, 0.4) is 0 Å². The Bertz CT molecular complexity index is 635. The van der Waals surface area contributed by atoms with Gasteiger partial charge in [-0.05, 0) is 36.8 Å². The number of urea groups is 1. The van der Waals surface area contributed by atoms with Gasteiger partial charge in [-0.15, -0.1) is 11.3 Å². The van der Waals surface area contributed by atoms with Crippen LogP contribution in [0.5, 0.6) is 0 Å². The van der Waals surface area contributed by atoms with Crippen molar-refractivity contribution in [2.75, 3.05) is 5.32 Å². The summed E-state index contributed by atoms with van der Waals surface area (Å²) in [6.07, 6.45) is -0.0236. The van der Waals surface area contributed by atoms with E-state index in [4.69, 9.17) is 5.11 Å². The molecule has 2 rings (SSSR count). The minimum Gasteiger partial charge on any atom is -0.481 e. The number of nitrogens with one attached hydrogen (secondary N) is 2. The zero-order chi connectivity index (χ0) is 15.2. The van der Waals surface area contributed by atoms with Crippen molar-refractivity contribution in [3.8, 4) is 0 Å². The third-order valence-corrected chi connectivity index (χ3v) is 3.79. The molecule has 0 spiro atoms. The quantitative estimate of drug-likeness (QED) is 0.794.